The van der Waals surface area contributed by atoms with Crippen molar-refractivity contribution in [1.29, 1.82) is 0 Å². The fourth-order valence-corrected chi connectivity index (χ4v) is 2.90. The van der Waals surface area contributed by atoms with Crippen molar-refractivity contribution in [2.75, 3.05) is 5.32 Å². The molecule has 1 aliphatic rings. The van der Waals surface area contributed by atoms with E-state index in [2.05, 4.69) is 15.3 Å². The van der Waals surface area contributed by atoms with E-state index < -0.39 is 0 Å². The summed E-state index contributed by atoms with van der Waals surface area (Å²) in [4.78, 5) is 8.78. The van der Waals surface area contributed by atoms with Crippen molar-refractivity contribution >= 4 is 35.6 Å². The number of benzene rings is 1. The number of nitrogens with zero attached hydrogens (tertiary/aromatic N) is 2. The minimum Gasteiger partial charge on any atom is -0.474 e. The minimum absolute atomic E-state index is 0. The number of pyridine rings is 1. The molecule has 0 atom stereocenters. The van der Waals surface area contributed by atoms with E-state index in [1.807, 2.05) is 43.3 Å². The Labute approximate surface area is 166 Å². The van der Waals surface area contributed by atoms with Gasteiger partial charge in [-0.2, -0.15) is 0 Å². The minimum atomic E-state index is 0. The molecule has 134 valence electrons. The number of anilines is 1. The lowest BCUT2D eigenvalue weighted by Gasteiger charge is -2.14. The van der Waals surface area contributed by atoms with Gasteiger partial charge < -0.3 is 15.8 Å². The van der Waals surface area contributed by atoms with Crippen LogP contribution in [0.1, 0.15) is 36.8 Å². The first-order valence-corrected chi connectivity index (χ1v) is 8.45. The summed E-state index contributed by atoms with van der Waals surface area (Å²) in [5, 5.41) is 3.11. The van der Waals surface area contributed by atoms with E-state index in [0.717, 1.165) is 24.1 Å². The lowest BCUT2D eigenvalue weighted by Crippen LogP contribution is -2.22. The van der Waals surface area contributed by atoms with Crippen LogP contribution in [-0.2, 0) is 6.54 Å². The molecule has 1 aliphatic carbocycles. The van der Waals surface area contributed by atoms with E-state index >= 15 is 0 Å². The molecule has 3 N–H and O–H groups in total. The molecule has 1 saturated carbocycles. The van der Waals surface area contributed by atoms with Crippen LogP contribution in [0.15, 0.2) is 47.6 Å². The summed E-state index contributed by atoms with van der Waals surface area (Å²) in [5.74, 6) is 1.06. The molecule has 0 bridgehead atoms. The highest BCUT2D eigenvalue weighted by molar-refractivity contribution is 14.0. The number of aryl methyl sites for hydroxylation is 1. The Morgan fingerprint density at radius 1 is 1.28 bits per heavy atom. The Kier molecular flexibility index (Phi) is 7.49. The van der Waals surface area contributed by atoms with Gasteiger partial charge in [0.05, 0.1) is 6.54 Å². The van der Waals surface area contributed by atoms with Crippen molar-refractivity contribution in [3.05, 3.63) is 53.7 Å². The summed E-state index contributed by atoms with van der Waals surface area (Å²) < 4.78 is 6.03. The highest BCUT2D eigenvalue weighted by atomic mass is 127. The van der Waals surface area contributed by atoms with Gasteiger partial charge in [0.2, 0.25) is 5.88 Å². The van der Waals surface area contributed by atoms with Crippen LogP contribution in [0.25, 0.3) is 0 Å². The van der Waals surface area contributed by atoms with Crippen LogP contribution in [0.3, 0.4) is 0 Å². The topological polar surface area (TPSA) is 72.5 Å². The Hall–Kier alpha value is -1.83. The van der Waals surface area contributed by atoms with Crippen molar-refractivity contribution in [2.45, 2.75) is 45.3 Å². The van der Waals surface area contributed by atoms with Gasteiger partial charge in [0.15, 0.2) is 5.96 Å². The molecular weight excluding hydrogens is 427 g/mol. The lowest BCUT2D eigenvalue weighted by atomic mass is 10.2. The number of guanidine groups is 1. The van der Waals surface area contributed by atoms with Crippen molar-refractivity contribution in [2.24, 2.45) is 10.7 Å². The third kappa shape index (κ3) is 5.88. The molecule has 0 unspecified atom stereocenters. The quantitative estimate of drug-likeness (QED) is 0.404. The maximum atomic E-state index is 6.03. The first-order chi connectivity index (χ1) is 11.7. The van der Waals surface area contributed by atoms with Crippen LogP contribution >= 0.6 is 24.0 Å². The van der Waals surface area contributed by atoms with Crippen LogP contribution in [0, 0.1) is 6.92 Å². The number of rotatable bonds is 5. The highest BCUT2D eigenvalue weighted by Gasteiger charge is 2.18. The zero-order valence-corrected chi connectivity index (χ0v) is 16.8. The Balaban J connectivity index is 0.00000225. The number of hydrogen-bond donors (Lipinski definition) is 2. The molecular formula is C19H25IN4O. The third-order valence-electron chi connectivity index (χ3n) is 4.14. The largest absolute Gasteiger partial charge is 0.474 e. The first kappa shape index (κ1) is 19.5. The smallest absolute Gasteiger partial charge is 0.218 e. The molecule has 5 nitrogen and oxygen atoms in total. The second-order valence-electron chi connectivity index (χ2n) is 6.19. The number of halogens is 1. The van der Waals surface area contributed by atoms with Crippen molar-refractivity contribution in [3.8, 4) is 5.88 Å². The number of aromatic nitrogens is 1. The number of hydrogen-bond acceptors (Lipinski definition) is 3. The molecule has 1 heterocycles. The van der Waals surface area contributed by atoms with Gasteiger partial charge in [0.25, 0.3) is 0 Å². The van der Waals surface area contributed by atoms with Crippen LogP contribution < -0.4 is 15.8 Å². The summed E-state index contributed by atoms with van der Waals surface area (Å²) in [5.41, 5.74) is 9.06. The predicted octanol–water partition coefficient (Wildman–Crippen LogP) is 4.26. The molecule has 0 amide bonds. The molecule has 0 radical (unpaired) electrons. The lowest BCUT2D eigenvalue weighted by molar-refractivity contribution is 0.199. The van der Waals surface area contributed by atoms with Gasteiger partial charge in [0.1, 0.15) is 6.10 Å². The second kappa shape index (κ2) is 9.60. The fraction of sp³-hybridized carbons (Fsp3) is 0.368. The van der Waals surface area contributed by atoms with E-state index in [9.17, 15) is 0 Å². The van der Waals surface area contributed by atoms with Crippen molar-refractivity contribution < 1.29 is 4.74 Å². The van der Waals surface area contributed by atoms with Crippen LogP contribution in [-0.4, -0.2) is 17.0 Å². The maximum Gasteiger partial charge on any atom is 0.218 e. The highest BCUT2D eigenvalue weighted by Crippen LogP contribution is 2.25. The van der Waals surface area contributed by atoms with E-state index in [1.54, 1.807) is 6.20 Å². The van der Waals surface area contributed by atoms with E-state index in [-0.39, 0.29) is 30.1 Å². The Bertz CT molecular complexity index is 714. The van der Waals surface area contributed by atoms with Gasteiger partial charge in [-0.3, -0.25) is 0 Å². The van der Waals surface area contributed by atoms with Crippen LogP contribution in [0.5, 0.6) is 5.88 Å². The molecule has 0 aliphatic heterocycles. The number of aliphatic imine (C=N–C) groups is 1. The number of ether oxygens (including phenoxy) is 1. The summed E-state index contributed by atoms with van der Waals surface area (Å²) in [6.45, 7) is 2.49. The molecule has 1 fully saturated rings. The van der Waals surface area contributed by atoms with Crippen LogP contribution in [0.2, 0.25) is 0 Å². The maximum absolute atomic E-state index is 6.03. The molecule has 0 spiro atoms. The SMILES string of the molecule is Cc1cccc(NC(N)=NCc2cccnc2OC2CCCC2)c1.I. The zero-order chi connectivity index (χ0) is 16.8. The van der Waals surface area contributed by atoms with Gasteiger partial charge in [-0.25, -0.2) is 9.98 Å². The predicted molar refractivity (Wildman–Crippen MR) is 113 cm³/mol. The molecule has 2 aromatic rings. The average Bonchev–Trinajstić information content (AvgIpc) is 3.07. The van der Waals surface area contributed by atoms with Gasteiger partial charge in [-0.1, -0.05) is 18.2 Å². The molecule has 6 heteroatoms. The molecule has 25 heavy (non-hydrogen) atoms. The van der Waals surface area contributed by atoms with E-state index in [4.69, 9.17) is 10.5 Å². The van der Waals surface area contributed by atoms with Crippen LogP contribution in [0.4, 0.5) is 5.69 Å². The monoisotopic (exact) mass is 452 g/mol. The zero-order valence-electron chi connectivity index (χ0n) is 14.4. The fourth-order valence-electron chi connectivity index (χ4n) is 2.90. The first-order valence-electron chi connectivity index (χ1n) is 8.45. The Morgan fingerprint density at radius 3 is 2.84 bits per heavy atom. The third-order valence-corrected chi connectivity index (χ3v) is 4.14. The number of nitrogens with two attached hydrogens (primary N) is 1. The van der Waals surface area contributed by atoms with Crippen molar-refractivity contribution in [3.63, 3.8) is 0 Å². The molecule has 0 saturated heterocycles. The summed E-state index contributed by atoms with van der Waals surface area (Å²) in [7, 11) is 0. The van der Waals surface area contributed by atoms with Gasteiger partial charge in [0, 0.05) is 17.4 Å². The molecule has 3 rings (SSSR count). The summed E-state index contributed by atoms with van der Waals surface area (Å²) in [6, 6.07) is 11.9. The molecule has 1 aromatic carbocycles. The van der Waals surface area contributed by atoms with Gasteiger partial charge >= 0.3 is 0 Å². The normalized spacial score (nSPS) is 14.8. The molecule has 1 aromatic heterocycles. The average molecular weight is 452 g/mol. The number of nitrogens with one attached hydrogen (secondary N) is 1. The standard InChI is InChI=1S/C19H24N4O.HI/c1-14-6-4-8-16(12-14)23-19(20)22-13-15-7-5-11-21-18(15)24-17-9-2-3-10-17;/h4-8,11-12,17H,2-3,9-10,13H2,1H3,(H3,20,22,23);1H. The Morgan fingerprint density at radius 2 is 2.08 bits per heavy atom. The summed E-state index contributed by atoms with van der Waals surface area (Å²) >= 11 is 0. The van der Waals surface area contributed by atoms with Gasteiger partial charge in [-0.05, 0) is 56.4 Å². The van der Waals surface area contributed by atoms with E-state index in [1.165, 1.54) is 18.4 Å². The van der Waals surface area contributed by atoms with Gasteiger partial charge in [-0.15, -0.1) is 24.0 Å². The summed E-state index contributed by atoms with van der Waals surface area (Å²) in [6.07, 6.45) is 6.72. The van der Waals surface area contributed by atoms with E-state index in [0.29, 0.717) is 18.4 Å². The second-order valence-corrected chi connectivity index (χ2v) is 6.19. The van der Waals surface area contributed by atoms with Crippen molar-refractivity contribution in [1.82, 2.24) is 4.98 Å².